The van der Waals surface area contributed by atoms with Crippen LogP contribution in [0.4, 0.5) is 0 Å². The highest BCUT2D eigenvalue weighted by molar-refractivity contribution is 6.30. The number of benzene rings is 1. The van der Waals surface area contributed by atoms with Crippen molar-refractivity contribution in [3.63, 3.8) is 0 Å². The van der Waals surface area contributed by atoms with Gasteiger partial charge in [-0.1, -0.05) is 37.4 Å². The van der Waals surface area contributed by atoms with E-state index in [2.05, 4.69) is 6.92 Å². The van der Waals surface area contributed by atoms with Crippen LogP contribution in [0.2, 0.25) is 5.02 Å². The zero-order chi connectivity index (χ0) is 13.8. The van der Waals surface area contributed by atoms with E-state index in [-0.39, 0.29) is 12.1 Å². The first-order valence-corrected chi connectivity index (χ1v) is 7.66. The Kier molecular flexibility index (Phi) is 5.12. The number of halogens is 1. The topological polar surface area (TPSA) is 35.2 Å². The number of hydrogen-bond donors (Lipinski definition) is 1. The maximum absolute atomic E-state index is 6.22. The zero-order valence-corrected chi connectivity index (χ0v) is 12.6. The molecular weight excluding hydrogens is 258 g/mol. The second-order valence-electron chi connectivity index (χ2n) is 5.70. The van der Waals surface area contributed by atoms with Gasteiger partial charge in [0.1, 0.15) is 11.9 Å². The lowest BCUT2D eigenvalue weighted by Crippen LogP contribution is -2.44. The average molecular weight is 282 g/mol. The molecule has 106 valence electrons. The first kappa shape index (κ1) is 14.7. The molecule has 3 heteroatoms. The highest BCUT2D eigenvalue weighted by atomic mass is 35.5. The molecule has 1 aromatic carbocycles. The third-order valence-corrected chi connectivity index (χ3v) is 4.31. The van der Waals surface area contributed by atoms with Crippen LogP contribution in [0.5, 0.6) is 5.75 Å². The van der Waals surface area contributed by atoms with E-state index in [4.69, 9.17) is 22.1 Å². The second-order valence-corrected chi connectivity index (χ2v) is 6.13. The molecule has 0 amide bonds. The molecule has 2 N–H and O–H groups in total. The number of aryl methyl sites for hydroxylation is 1. The van der Waals surface area contributed by atoms with Crippen LogP contribution in [-0.2, 0) is 0 Å². The average Bonchev–Trinajstić information content (AvgIpc) is 2.38. The van der Waals surface area contributed by atoms with E-state index in [1.807, 2.05) is 25.1 Å². The van der Waals surface area contributed by atoms with Crippen LogP contribution >= 0.6 is 11.6 Å². The minimum absolute atomic E-state index is 0.127. The molecule has 3 unspecified atom stereocenters. The first-order valence-electron chi connectivity index (χ1n) is 7.28. The molecule has 0 radical (unpaired) electrons. The summed E-state index contributed by atoms with van der Waals surface area (Å²) in [5.41, 5.74) is 7.33. The fourth-order valence-electron chi connectivity index (χ4n) is 2.91. The summed E-state index contributed by atoms with van der Waals surface area (Å²) >= 11 is 6.04. The van der Waals surface area contributed by atoms with Crippen LogP contribution in [0, 0.1) is 12.8 Å². The number of nitrogens with two attached hydrogens (primary N) is 1. The fraction of sp³-hybridized carbons (Fsp3) is 0.625. The summed E-state index contributed by atoms with van der Waals surface area (Å²) in [6.07, 6.45) is 6.02. The summed E-state index contributed by atoms with van der Waals surface area (Å²) in [7, 11) is 0. The van der Waals surface area contributed by atoms with Gasteiger partial charge in [-0.25, -0.2) is 0 Å². The lowest BCUT2D eigenvalue weighted by molar-refractivity contribution is 0.0986. The Balaban J connectivity index is 2.05. The SMILES string of the molecule is CCCC1CCC(N)C(Oc2cc(Cl)ccc2C)C1. The maximum Gasteiger partial charge on any atom is 0.124 e. The lowest BCUT2D eigenvalue weighted by Gasteiger charge is -2.34. The zero-order valence-electron chi connectivity index (χ0n) is 11.9. The molecule has 2 nitrogen and oxygen atoms in total. The maximum atomic E-state index is 6.22. The van der Waals surface area contributed by atoms with Gasteiger partial charge in [0.05, 0.1) is 0 Å². The van der Waals surface area contributed by atoms with Gasteiger partial charge in [0.25, 0.3) is 0 Å². The van der Waals surface area contributed by atoms with E-state index in [0.717, 1.165) is 35.1 Å². The lowest BCUT2D eigenvalue weighted by atomic mass is 9.82. The van der Waals surface area contributed by atoms with Gasteiger partial charge in [0, 0.05) is 11.1 Å². The van der Waals surface area contributed by atoms with Crippen molar-refractivity contribution in [2.75, 3.05) is 0 Å². The summed E-state index contributed by atoms with van der Waals surface area (Å²) in [4.78, 5) is 0. The summed E-state index contributed by atoms with van der Waals surface area (Å²) in [6, 6.07) is 5.93. The van der Waals surface area contributed by atoms with Gasteiger partial charge in [-0.15, -0.1) is 0 Å². The van der Waals surface area contributed by atoms with Crippen LogP contribution in [0.3, 0.4) is 0 Å². The van der Waals surface area contributed by atoms with Gasteiger partial charge in [-0.2, -0.15) is 0 Å². The molecule has 1 fully saturated rings. The Hall–Kier alpha value is -0.730. The van der Waals surface area contributed by atoms with Gasteiger partial charge in [-0.3, -0.25) is 0 Å². The van der Waals surface area contributed by atoms with Gasteiger partial charge in [0.15, 0.2) is 0 Å². The third kappa shape index (κ3) is 3.87. The van der Waals surface area contributed by atoms with Crippen molar-refractivity contribution in [1.82, 2.24) is 0 Å². The van der Waals surface area contributed by atoms with Crippen molar-refractivity contribution >= 4 is 11.6 Å². The molecule has 0 aromatic heterocycles. The first-order chi connectivity index (χ1) is 9.10. The summed E-state index contributed by atoms with van der Waals surface area (Å²) in [5.74, 6) is 1.64. The van der Waals surface area contributed by atoms with Crippen LogP contribution in [0.15, 0.2) is 18.2 Å². The summed E-state index contributed by atoms with van der Waals surface area (Å²) in [6.45, 7) is 4.29. The highest BCUT2D eigenvalue weighted by Gasteiger charge is 2.29. The van der Waals surface area contributed by atoms with Gasteiger partial charge < -0.3 is 10.5 Å². The standard InChI is InChI=1S/C16H24ClNO/c1-3-4-12-6-8-14(18)16(9-12)19-15-10-13(17)7-5-11(15)2/h5,7,10,12,14,16H,3-4,6,8-9,18H2,1-2H3. The van der Waals surface area contributed by atoms with Gasteiger partial charge in [-0.05, 0) is 49.8 Å². The summed E-state index contributed by atoms with van der Waals surface area (Å²) < 4.78 is 6.15. The van der Waals surface area contributed by atoms with Crippen molar-refractivity contribution in [3.8, 4) is 5.75 Å². The monoisotopic (exact) mass is 281 g/mol. The van der Waals surface area contributed by atoms with Crippen LogP contribution < -0.4 is 10.5 Å². The molecule has 1 aromatic rings. The molecule has 1 aliphatic rings. The van der Waals surface area contributed by atoms with Crippen molar-refractivity contribution < 1.29 is 4.74 Å². The van der Waals surface area contributed by atoms with E-state index in [1.165, 1.54) is 19.3 Å². The second kappa shape index (κ2) is 6.62. The Morgan fingerprint density at radius 3 is 2.89 bits per heavy atom. The van der Waals surface area contributed by atoms with Gasteiger partial charge in [0.2, 0.25) is 0 Å². The predicted molar refractivity (Wildman–Crippen MR) is 80.8 cm³/mol. The highest BCUT2D eigenvalue weighted by Crippen LogP contribution is 2.32. The molecule has 1 saturated carbocycles. The number of hydrogen-bond acceptors (Lipinski definition) is 2. The Labute approximate surface area is 121 Å². The molecule has 0 bridgehead atoms. The molecule has 1 aliphatic carbocycles. The third-order valence-electron chi connectivity index (χ3n) is 4.08. The Bertz CT molecular complexity index is 421. The molecule has 19 heavy (non-hydrogen) atoms. The fourth-order valence-corrected chi connectivity index (χ4v) is 3.07. The van der Waals surface area contributed by atoms with E-state index < -0.39 is 0 Å². The molecule has 0 spiro atoms. The van der Waals surface area contributed by atoms with E-state index in [0.29, 0.717) is 0 Å². The van der Waals surface area contributed by atoms with Crippen molar-refractivity contribution in [1.29, 1.82) is 0 Å². The Morgan fingerprint density at radius 1 is 1.37 bits per heavy atom. The quantitative estimate of drug-likeness (QED) is 0.892. The van der Waals surface area contributed by atoms with Crippen LogP contribution in [0.25, 0.3) is 0 Å². The van der Waals surface area contributed by atoms with E-state index in [1.54, 1.807) is 0 Å². The smallest absolute Gasteiger partial charge is 0.124 e. The minimum atomic E-state index is 0.127. The van der Waals surface area contributed by atoms with Crippen LogP contribution in [0.1, 0.15) is 44.6 Å². The molecular formula is C16H24ClNO. The number of ether oxygens (including phenoxy) is 1. The van der Waals surface area contributed by atoms with Crippen molar-refractivity contribution in [3.05, 3.63) is 28.8 Å². The van der Waals surface area contributed by atoms with Crippen molar-refractivity contribution in [2.45, 2.75) is 58.1 Å². The molecule has 3 atom stereocenters. The molecule has 0 saturated heterocycles. The molecule has 0 heterocycles. The molecule has 0 aliphatic heterocycles. The minimum Gasteiger partial charge on any atom is -0.488 e. The normalized spacial score (nSPS) is 27.3. The summed E-state index contributed by atoms with van der Waals surface area (Å²) in [5, 5.41) is 0.718. The predicted octanol–water partition coefficient (Wildman–Crippen LogP) is 4.32. The van der Waals surface area contributed by atoms with E-state index in [9.17, 15) is 0 Å². The van der Waals surface area contributed by atoms with E-state index >= 15 is 0 Å². The Morgan fingerprint density at radius 2 is 2.16 bits per heavy atom. The van der Waals surface area contributed by atoms with Crippen molar-refractivity contribution in [2.24, 2.45) is 11.7 Å². The largest absolute Gasteiger partial charge is 0.488 e. The van der Waals surface area contributed by atoms with Gasteiger partial charge >= 0.3 is 0 Å². The van der Waals surface area contributed by atoms with Crippen LogP contribution in [-0.4, -0.2) is 12.1 Å². The number of rotatable bonds is 4. The molecule has 2 rings (SSSR count).